The number of sulfone groups is 1. The van der Waals surface area contributed by atoms with Crippen LogP contribution >= 0.6 is 11.3 Å². The molecule has 0 aliphatic rings. The third-order valence-electron chi connectivity index (χ3n) is 4.69. The summed E-state index contributed by atoms with van der Waals surface area (Å²) in [5, 5.41) is 4.46. The minimum atomic E-state index is -3.60. The quantitative estimate of drug-likeness (QED) is 0.403. The van der Waals surface area contributed by atoms with Crippen molar-refractivity contribution in [2.24, 2.45) is 0 Å². The molecule has 0 unspecified atom stereocenters. The van der Waals surface area contributed by atoms with Crippen LogP contribution < -0.4 is 4.90 Å². The Labute approximate surface area is 182 Å². The van der Waals surface area contributed by atoms with Crippen LogP contribution in [0.4, 0.5) is 9.52 Å². The standard InChI is InChI=1S/C21H19FN4O3S2/c22-17-8-4-9-18-20(17)24-21(30-18)26(14-13-25-12-5-11-23-25)19(27)10-15-31(28,29)16-6-2-1-3-7-16/h1-9,11-12H,10,13-15H2. The molecule has 0 spiro atoms. The van der Waals surface area contributed by atoms with Gasteiger partial charge in [0.05, 0.1) is 21.9 Å². The highest BCUT2D eigenvalue weighted by molar-refractivity contribution is 7.91. The minimum Gasteiger partial charge on any atom is -0.286 e. The number of hydrogen-bond donors (Lipinski definition) is 0. The SMILES string of the molecule is O=C(CCS(=O)(=O)c1ccccc1)N(CCn1cccn1)c1nc2c(F)cccc2s1. The fraction of sp³-hybridized carbons (Fsp3) is 0.190. The predicted molar refractivity (Wildman–Crippen MR) is 117 cm³/mol. The van der Waals surface area contributed by atoms with Crippen molar-refractivity contribution in [2.75, 3.05) is 17.2 Å². The van der Waals surface area contributed by atoms with Crippen molar-refractivity contribution in [2.45, 2.75) is 17.9 Å². The predicted octanol–water partition coefficient (Wildman–Crippen LogP) is 3.53. The second-order valence-electron chi connectivity index (χ2n) is 6.78. The fourth-order valence-corrected chi connectivity index (χ4v) is 5.36. The Morgan fingerprint density at radius 2 is 1.90 bits per heavy atom. The first-order chi connectivity index (χ1) is 14.9. The molecular weight excluding hydrogens is 439 g/mol. The van der Waals surface area contributed by atoms with E-state index in [1.165, 1.54) is 34.4 Å². The van der Waals surface area contributed by atoms with Gasteiger partial charge in [0.2, 0.25) is 5.91 Å². The highest BCUT2D eigenvalue weighted by atomic mass is 32.2. The van der Waals surface area contributed by atoms with Gasteiger partial charge in [-0.05, 0) is 30.3 Å². The molecule has 2 aromatic carbocycles. The van der Waals surface area contributed by atoms with Crippen LogP contribution in [0.1, 0.15) is 6.42 Å². The van der Waals surface area contributed by atoms with Crippen LogP contribution in [0, 0.1) is 5.82 Å². The van der Waals surface area contributed by atoms with E-state index in [0.29, 0.717) is 16.4 Å². The van der Waals surface area contributed by atoms with Crippen LogP contribution in [0.3, 0.4) is 0 Å². The summed E-state index contributed by atoms with van der Waals surface area (Å²) in [6.45, 7) is 0.621. The zero-order valence-corrected chi connectivity index (χ0v) is 18.0. The molecule has 0 aliphatic heterocycles. The molecule has 0 bridgehead atoms. The van der Waals surface area contributed by atoms with Crippen molar-refractivity contribution in [3.05, 3.63) is 72.8 Å². The van der Waals surface area contributed by atoms with Crippen molar-refractivity contribution in [3.63, 3.8) is 0 Å². The number of benzene rings is 2. The summed E-state index contributed by atoms with van der Waals surface area (Å²) < 4.78 is 41.5. The third-order valence-corrected chi connectivity index (χ3v) is 7.46. The molecule has 160 valence electrons. The maximum absolute atomic E-state index is 14.1. The molecule has 0 N–H and O–H groups in total. The molecule has 0 radical (unpaired) electrons. The summed E-state index contributed by atoms with van der Waals surface area (Å²) in [4.78, 5) is 18.9. The Morgan fingerprint density at radius 1 is 1.10 bits per heavy atom. The fourth-order valence-electron chi connectivity index (χ4n) is 3.08. The van der Waals surface area contributed by atoms with Gasteiger partial charge in [-0.3, -0.25) is 14.4 Å². The van der Waals surface area contributed by atoms with Gasteiger partial charge in [0.1, 0.15) is 11.3 Å². The van der Waals surface area contributed by atoms with Gasteiger partial charge in [-0.1, -0.05) is 35.6 Å². The lowest BCUT2D eigenvalue weighted by atomic mass is 10.3. The highest BCUT2D eigenvalue weighted by Crippen LogP contribution is 2.30. The number of rotatable bonds is 8. The molecule has 7 nitrogen and oxygen atoms in total. The zero-order chi connectivity index (χ0) is 21.8. The van der Waals surface area contributed by atoms with Gasteiger partial charge >= 0.3 is 0 Å². The van der Waals surface area contributed by atoms with Crippen molar-refractivity contribution in [1.29, 1.82) is 0 Å². The molecule has 0 saturated carbocycles. The maximum atomic E-state index is 14.1. The molecule has 10 heteroatoms. The van der Waals surface area contributed by atoms with Crippen molar-refractivity contribution >= 4 is 42.4 Å². The molecule has 0 aliphatic carbocycles. The summed E-state index contributed by atoms with van der Waals surface area (Å²) in [6, 6.07) is 14.4. The molecule has 4 rings (SSSR count). The Bertz CT molecular complexity index is 1290. The van der Waals surface area contributed by atoms with E-state index in [2.05, 4.69) is 10.1 Å². The number of carbonyl (C=O) groups excluding carboxylic acids is 1. The van der Waals surface area contributed by atoms with Crippen molar-refractivity contribution in [1.82, 2.24) is 14.8 Å². The Balaban J connectivity index is 1.57. The smallest absolute Gasteiger partial charge is 0.229 e. The van der Waals surface area contributed by atoms with Crippen LogP contribution in [-0.4, -0.2) is 41.4 Å². The monoisotopic (exact) mass is 458 g/mol. The molecule has 31 heavy (non-hydrogen) atoms. The number of nitrogens with zero attached hydrogens (tertiary/aromatic N) is 4. The molecule has 0 fully saturated rings. The first kappa shape index (κ1) is 21.1. The second kappa shape index (κ2) is 8.94. The average molecular weight is 459 g/mol. The maximum Gasteiger partial charge on any atom is 0.229 e. The largest absolute Gasteiger partial charge is 0.286 e. The van der Waals surface area contributed by atoms with Gasteiger partial charge < -0.3 is 0 Å². The van der Waals surface area contributed by atoms with Crippen molar-refractivity contribution < 1.29 is 17.6 Å². The number of thiazole rings is 1. The third kappa shape index (κ3) is 4.80. The van der Waals surface area contributed by atoms with E-state index in [0.717, 1.165) is 0 Å². The number of halogens is 1. The Hall–Kier alpha value is -3.11. The number of aromatic nitrogens is 3. The number of carbonyl (C=O) groups is 1. The summed E-state index contributed by atoms with van der Waals surface area (Å²) in [5.41, 5.74) is 0.191. The molecule has 2 aromatic heterocycles. The molecule has 2 heterocycles. The molecule has 0 atom stereocenters. The van der Waals surface area contributed by atoms with E-state index in [1.807, 2.05) is 0 Å². The Morgan fingerprint density at radius 3 is 2.61 bits per heavy atom. The molecular formula is C21H19FN4O3S2. The molecule has 1 amide bonds. The average Bonchev–Trinajstić information content (AvgIpc) is 3.44. The van der Waals surface area contributed by atoms with E-state index in [-0.39, 0.29) is 29.1 Å². The lowest BCUT2D eigenvalue weighted by Crippen LogP contribution is -2.35. The van der Waals surface area contributed by atoms with Gasteiger partial charge in [0.25, 0.3) is 0 Å². The van der Waals surface area contributed by atoms with Crippen LogP contribution in [0.25, 0.3) is 10.2 Å². The summed E-state index contributed by atoms with van der Waals surface area (Å²) in [7, 11) is -3.60. The van der Waals surface area contributed by atoms with E-state index >= 15 is 0 Å². The van der Waals surface area contributed by atoms with Crippen LogP contribution in [0.15, 0.2) is 71.9 Å². The zero-order valence-electron chi connectivity index (χ0n) is 16.4. The van der Waals surface area contributed by atoms with Gasteiger partial charge in [-0.15, -0.1) is 0 Å². The van der Waals surface area contributed by atoms with Gasteiger partial charge in [-0.25, -0.2) is 17.8 Å². The lowest BCUT2D eigenvalue weighted by molar-refractivity contribution is -0.118. The second-order valence-corrected chi connectivity index (χ2v) is 9.90. The van der Waals surface area contributed by atoms with Gasteiger partial charge in [0, 0.05) is 25.4 Å². The van der Waals surface area contributed by atoms with Crippen molar-refractivity contribution in [3.8, 4) is 0 Å². The first-order valence-electron chi connectivity index (χ1n) is 9.55. The van der Waals surface area contributed by atoms with E-state index < -0.39 is 21.6 Å². The van der Waals surface area contributed by atoms with Crippen LogP contribution in [0.5, 0.6) is 0 Å². The minimum absolute atomic E-state index is 0.174. The number of hydrogen-bond acceptors (Lipinski definition) is 6. The highest BCUT2D eigenvalue weighted by Gasteiger charge is 2.23. The van der Waals surface area contributed by atoms with E-state index in [1.54, 1.807) is 53.5 Å². The summed E-state index contributed by atoms with van der Waals surface area (Å²) in [6.07, 6.45) is 3.18. The number of amides is 1. The van der Waals surface area contributed by atoms with E-state index in [9.17, 15) is 17.6 Å². The first-order valence-corrected chi connectivity index (χ1v) is 12.0. The van der Waals surface area contributed by atoms with Gasteiger partial charge in [-0.2, -0.15) is 5.10 Å². The number of anilines is 1. The van der Waals surface area contributed by atoms with Crippen LogP contribution in [-0.2, 0) is 21.2 Å². The normalized spacial score (nSPS) is 11.6. The van der Waals surface area contributed by atoms with Crippen LogP contribution in [0.2, 0.25) is 0 Å². The van der Waals surface area contributed by atoms with Gasteiger partial charge in [0.15, 0.2) is 15.0 Å². The number of fused-ring (bicyclic) bond motifs is 1. The van der Waals surface area contributed by atoms with E-state index in [4.69, 9.17) is 0 Å². The Kier molecular flexibility index (Phi) is 6.10. The number of para-hydroxylation sites is 1. The molecule has 0 saturated heterocycles. The summed E-state index contributed by atoms with van der Waals surface area (Å²) >= 11 is 1.19. The topological polar surface area (TPSA) is 85.2 Å². The summed E-state index contributed by atoms with van der Waals surface area (Å²) in [5.74, 6) is -1.19. The molecule has 4 aromatic rings. The lowest BCUT2D eigenvalue weighted by Gasteiger charge is -2.20.